The van der Waals surface area contributed by atoms with Crippen LogP contribution in [0.5, 0.6) is 17.2 Å². The maximum atomic E-state index is 11.8. The Bertz CT molecular complexity index is 847. The zero-order chi connectivity index (χ0) is 18.0. The van der Waals surface area contributed by atoms with Gasteiger partial charge in [-0.05, 0) is 18.2 Å². The van der Waals surface area contributed by atoms with Gasteiger partial charge in [0, 0.05) is 30.4 Å². The highest BCUT2D eigenvalue weighted by atomic mass is 16.5. The topological polar surface area (TPSA) is 71.3 Å². The molecule has 7 heteroatoms. The van der Waals surface area contributed by atoms with E-state index in [-0.39, 0.29) is 11.7 Å². The summed E-state index contributed by atoms with van der Waals surface area (Å²) in [6.45, 7) is 0.448. The van der Waals surface area contributed by atoms with E-state index in [0.717, 1.165) is 5.56 Å². The molecule has 0 radical (unpaired) electrons. The number of hydrogen-bond donors (Lipinski definition) is 0. The minimum absolute atomic E-state index is 0.111. The molecule has 0 spiro atoms. The Morgan fingerprint density at radius 3 is 2.36 bits per heavy atom. The quantitative estimate of drug-likeness (QED) is 0.829. The monoisotopic (exact) mass is 344 g/mol. The summed E-state index contributed by atoms with van der Waals surface area (Å²) in [6.07, 6.45) is 1.41. The van der Waals surface area contributed by atoms with Crippen LogP contribution in [0.2, 0.25) is 0 Å². The second-order valence-corrected chi connectivity index (χ2v) is 5.58. The first-order valence-corrected chi connectivity index (χ1v) is 7.75. The molecule has 0 amide bonds. The smallest absolute Gasteiger partial charge is 0.251 e. The molecule has 0 N–H and O–H groups in total. The Hall–Kier alpha value is -2.96. The van der Waals surface area contributed by atoms with Crippen LogP contribution < -0.4 is 19.8 Å². The zero-order valence-corrected chi connectivity index (χ0v) is 14.6. The van der Waals surface area contributed by atoms with Gasteiger partial charge in [0.05, 0.1) is 27.9 Å². The van der Waals surface area contributed by atoms with Crippen molar-refractivity contribution in [3.8, 4) is 17.2 Å². The third-order valence-corrected chi connectivity index (χ3v) is 4.06. The lowest BCUT2D eigenvalue weighted by Crippen LogP contribution is -2.17. The minimum Gasteiger partial charge on any atom is -0.493 e. The molecule has 3 rings (SSSR count). The Labute approximate surface area is 145 Å². The molecule has 132 valence electrons. The summed E-state index contributed by atoms with van der Waals surface area (Å²) < 4.78 is 23.5. The average molecular weight is 344 g/mol. The number of methoxy groups -OCH3 is 3. The van der Waals surface area contributed by atoms with Crippen molar-refractivity contribution in [2.75, 3.05) is 27.9 Å². The molecule has 1 atom stereocenters. The Kier molecular flexibility index (Phi) is 4.65. The van der Waals surface area contributed by atoms with Gasteiger partial charge in [-0.15, -0.1) is 0 Å². The van der Waals surface area contributed by atoms with E-state index in [9.17, 15) is 4.79 Å². The third kappa shape index (κ3) is 3.17. The van der Waals surface area contributed by atoms with Crippen molar-refractivity contribution in [2.24, 2.45) is 12.0 Å². The molecule has 1 aliphatic rings. The predicted octanol–water partition coefficient (Wildman–Crippen LogP) is 1.93. The van der Waals surface area contributed by atoms with Gasteiger partial charge in [-0.2, -0.15) is 0 Å². The van der Waals surface area contributed by atoms with Crippen LogP contribution in [0.15, 0.2) is 40.2 Å². The largest absolute Gasteiger partial charge is 0.493 e. The number of aromatic nitrogens is 1. The van der Waals surface area contributed by atoms with Gasteiger partial charge >= 0.3 is 0 Å². The number of nitrogens with zero attached hydrogens (tertiary/aromatic N) is 2. The van der Waals surface area contributed by atoms with E-state index < -0.39 is 0 Å². The molecule has 25 heavy (non-hydrogen) atoms. The number of aryl methyl sites for hydroxylation is 1. The van der Waals surface area contributed by atoms with Gasteiger partial charge in [0.2, 0.25) is 11.6 Å². The van der Waals surface area contributed by atoms with Crippen LogP contribution in [0.4, 0.5) is 0 Å². The molecule has 0 bridgehead atoms. The summed E-state index contributed by atoms with van der Waals surface area (Å²) in [5.74, 6) is 2.10. The van der Waals surface area contributed by atoms with Gasteiger partial charge in [0.15, 0.2) is 11.5 Å². The first-order valence-electron chi connectivity index (χ1n) is 7.75. The molecular weight excluding hydrogens is 324 g/mol. The number of benzene rings is 1. The second-order valence-electron chi connectivity index (χ2n) is 5.58. The fourth-order valence-electron chi connectivity index (χ4n) is 2.68. The van der Waals surface area contributed by atoms with Gasteiger partial charge in [0.25, 0.3) is 5.56 Å². The Morgan fingerprint density at radius 2 is 1.80 bits per heavy atom. The molecule has 0 saturated carbocycles. The van der Waals surface area contributed by atoms with E-state index in [4.69, 9.17) is 18.9 Å². The highest BCUT2D eigenvalue weighted by Gasteiger charge is 2.26. The van der Waals surface area contributed by atoms with Crippen molar-refractivity contribution in [3.63, 3.8) is 0 Å². The van der Waals surface area contributed by atoms with Crippen molar-refractivity contribution in [2.45, 2.75) is 6.10 Å². The molecule has 0 fully saturated rings. The lowest BCUT2D eigenvalue weighted by molar-refractivity contribution is 0.228. The van der Waals surface area contributed by atoms with E-state index in [2.05, 4.69) is 4.99 Å². The maximum absolute atomic E-state index is 11.8. The van der Waals surface area contributed by atoms with Gasteiger partial charge in [-0.25, -0.2) is 4.99 Å². The maximum Gasteiger partial charge on any atom is 0.251 e. The predicted molar refractivity (Wildman–Crippen MR) is 93.0 cm³/mol. The zero-order valence-electron chi connectivity index (χ0n) is 14.6. The van der Waals surface area contributed by atoms with E-state index in [1.54, 1.807) is 40.6 Å². The highest BCUT2D eigenvalue weighted by Crippen LogP contribution is 2.41. The molecule has 0 aliphatic carbocycles. The number of rotatable bonds is 5. The van der Waals surface area contributed by atoms with Gasteiger partial charge in [0.1, 0.15) is 6.10 Å². The molecule has 7 nitrogen and oxygen atoms in total. The lowest BCUT2D eigenvalue weighted by atomic mass is 10.1. The molecule has 2 heterocycles. The van der Waals surface area contributed by atoms with Crippen LogP contribution in [0, 0.1) is 0 Å². The summed E-state index contributed by atoms with van der Waals surface area (Å²) in [5.41, 5.74) is 1.41. The van der Waals surface area contributed by atoms with E-state index in [1.165, 1.54) is 10.6 Å². The van der Waals surface area contributed by atoms with Crippen molar-refractivity contribution >= 4 is 5.90 Å². The van der Waals surface area contributed by atoms with E-state index in [1.807, 2.05) is 12.1 Å². The number of ether oxygens (including phenoxy) is 4. The molecule has 0 saturated heterocycles. The Morgan fingerprint density at radius 1 is 1.12 bits per heavy atom. The summed E-state index contributed by atoms with van der Waals surface area (Å²) in [5, 5.41) is 0. The lowest BCUT2D eigenvalue weighted by Gasteiger charge is -2.17. The Balaban J connectivity index is 1.88. The fraction of sp³-hybridized carbons (Fsp3) is 0.333. The van der Waals surface area contributed by atoms with Crippen molar-refractivity contribution in [3.05, 3.63) is 51.9 Å². The number of hydrogen-bond acceptors (Lipinski definition) is 6. The second kappa shape index (κ2) is 6.88. The van der Waals surface area contributed by atoms with Crippen molar-refractivity contribution in [1.82, 2.24) is 4.57 Å². The van der Waals surface area contributed by atoms with Gasteiger partial charge in [-0.1, -0.05) is 0 Å². The van der Waals surface area contributed by atoms with Gasteiger partial charge in [-0.3, -0.25) is 4.79 Å². The van der Waals surface area contributed by atoms with Crippen LogP contribution in [-0.2, 0) is 11.8 Å². The number of aliphatic imine (C=N–C) groups is 1. The summed E-state index contributed by atoms with van der Waals surface area (Å²) >= 11 is 0. The first kappa shape index (κ1) is 16.9. The number of pyridine rings is 1. The normalized spacial score (nSPS) is 16.2. The van der Waals surface area contributed by atoms with Crippen LogP contribution >= 0.6 is 0 Å². The van der Waals surface area contributed by atoms with E-state index in [0.29, 0.717) is 35.3 Å². The molecule has 1 unspecified atom stereocenters. The van der Waals surface area contributed by atoms with Crippen molar-refractivity contribution < 1.29 is 18.9 Å². The molecule has 1 aromatic carbocycles. The van der Waals surface area contributed by atoms with Crippen LogP contribution in [-0.4, -0.2) is 38.3 Å². The van der Waals surface area contributed by atoms with Crippen LogP contribution in [0.25, 0.3) is 0 Å². The summed E-state index contributed by atoms with van der Waals surface area (Å²) in [7, 11) is 6.39. The van der Waals surface area contributed by atoms with Crippen LogP contribution in [0.1, 0.15) is 17.2 Å². The first-order chi connectivity index (χ1) is 12.1. The third-order valence-electron chi connectivity index (χ3n) is 4.06. The standard InChI is InChI=1S/C18H20N2O5/c1-20-6-5-11(9-16(20)21)18-19-10-15(25-18)12-7-13(22-2)17(24-4)14(8-12)23-3/h5-9,15H,10H2,1-4H3. The van der Waals surface area contributed by atoms with Crippen LogP contribution in [0.3, 0.4) is 0 Å². The SMILES string of the molecule is COc1cc(C2CN=C(c3ccn(C)c(=O)c3)O2)cc(OC)c1OC. The molecule has 1 aromatic heterocycles. The van der Waals surface area contributed by atoms with Gasteiger partial charge < -0.3 is 23.5 Å². The molecular formula is C18H20N2O5. The fourth-order valence-corrected chi connectivity index (χ4v) is 2.68. The average Bonchev–Trinajstić information content (AvgIpc) is 3.12. The summed E-state index contributed by atoms with van der Waals surface area (Å²) in [4.78, 5) is 16.2. The summed E-state index contributed by atoms with van der Waals surface area (Å²) in [6, 6.07) is 7.00. The highest BCUT2D eigenvalue weighted by molar-refractivity contribution is 5.95. The molecule has 2 aromatic rings. The minimum atomic E-state index is -0.284. The molecule has 1 aliphatic heterocycles. The van der Waals surface area contributed by atoms with E-state index >= 15 is 0 Å². The van der Waals surface area contributed by atoms with Crippen molar-refractivity contribution in [1.29, 1.82) is 0 Å².